The zero-order valence-electron chi connectivity index (χ0n) is 12.4. The van der Waals surface area contributed by atoms with Gasteiger partial charge in [-0.15, -0.1) is 0 Å². The summed E-state index contributed by atoms with van der Waals surface area (Å²) < 4.78 is 0.414. The van der Waals surface area contributed by atoms with Crippen molar-refractivity contribution in [1.29, 1.82) is 0 Å². The number of nitrogens with zero attached hydrogens (tertiary/aromatic N) is 2. The fraction of sp³-hybridized carbons (Fsp3) is 0.375. The lowest BCUT2D eigenvalue weighted by Gasteiger charge is -2.15. The predicted molar refractivity (Wildman–Crippen MR) is 91.0 cm³/mol. The average Bonchev–Trinajstić information content (AvgIpc) is 3.34. The monoisotopic (exact) mass is 300 g/mol. The maximum Gasteiger partial charge on any atom is 0.163 e. The van der Waals surface area contributed by atoms with Gasteiger partial charge >= 0.3 is 0 Å². The molecule has 2 aromatic rings. The van der Waals surface area contributed by atoms with Crippen molar-refractivity contribution in [2.24, 2.45) is 0 Å². The van der Waals surface area contributed by atoms with Gasteiger partial charge in [0.15, 0.2) is 5.82 Å². The van der Waals surface area contributed by atoms with E-state index in [1.807, 2.05) is 55.2 Å². The second-order valence-corrected chi connectivity index (χ2v) is 6.59. The van der Waals surface area contributed by atoms with Crippen molar-refractivity contribution in [3.63, 3.8) is 0 Å². The van der Waals surface area contributed by atoms with Gasteiger partial charge < -0.3 is 10.6 Å². The van der Waals surface area contributed by atoms with Gasteiger partial charge in [0.2, 0.25) is 0 Å². The molecule has 1 aromatic heterocycles. The van der Waals surface area contributed by atoms with Crippen LogP contribution in [0.25, 0.3) is 11.4 Å². The summed E-state index contributed by atoms with van der Waals surface area (Å²) in [6, 6.07) is 12.0. The van der Waals surface area contributed by atoms with Gasteiger partial charge in [-0.1, -0.05) is 30.3 Å². The second-order valence-electron chi connectivity index (χ2n) is 5.32. The first kappa shape index (κ1) is 14.2. The van der Waals surface area contributed by atoms with Crippen LogP contribution < -0.4 is 10.6 Å². The summed E-state index contributed by atoms with van der Waals surface area (Å²) in [5.41, 5.74) is 1.03. The lowest BCUT2D eigenvalue weighted by Crippen LogP contribution is -2.18. The third-order valence-corrected chi connectivity index (χ3v) is 5.27. The fourth-order valence-corrected chi connectivity index (χ4v) is 2.95. The number of rotatable bonds is 6. The second kappa shape index (κ2) is 5.93. The van der Waals surface area contributed by atoms with E-state index < -0.39 is 0 Å². The van der Waals surface area contributed by atoms with Crippen LogP contribution in [-0.2, 0) is 0 Å². The van der Waals surface area contributed by atoms with E-state index in [0.29, 0.717) is 4.75 Å². The molecule has 4 nitrogen and oxygen atoms in total. The van der Waals surface area contributed by atoms with Gasteiger partial charge in [0, 0.05) is 30.0 Å². The van der Waals surface area contributed by atoms with E-state index in [-0.39, 0.29) is 0 Å². The molecule has 21 heavy (non-hydrogen) atoms. The maximum atomic E-state index is 4.65. The Morgan fingerprint density at radius 3 is 2.48 bits per heavy atom. The standard InChI is InChI=1S/C16H20N4S/c1-17-13-10-14(18-11-16(21-2)8-9-16)20-15(19-13)12-6-4-3-5-7-12/h3-7,10H,8-9,11H2,1-2H3,(H2,17,18,19,20). The van der Waals surface area contributed by atoms with E-state index >= 15 is 0 Å². The largest absolute Gasteiger partial charge is 0.373 e. The van der Waals surface area contributed by atoms with Crippen LogP contribution in [0.15, 0.2) is 36.4 Å². The summed E-state index contributed by atoms with van der Waals surface area (Å²) in [6.45, 7) is 0.961. The molecule has 1 heterocycles. The van der Waals surface area contributed by atoms with Gasteiger partial charge in [0.25, 0.3) is 0 Å². The first-order chi connectivity index (χ1) is 10.2. The first-order valence-corrected chi connectivity index (χ1v) is 8.38. The van der Waals surface area contributed by atoms with E-state index in [9.17, 15) is 0 Å². The van der Waals surface area contributed by atoms with Gasteiger partial charge in [0.05, 0.1) is 0 Å². The van der Waals surface area contributed by atoms with Crippen LogP contribution in [0.4, 0.5) is 11.6 Å². The van der Waals surface area contributed by atoms with Crippen molar-refractivity contribution in [2.75, 3.05) is 30.5 Å². The molecule has 110 valence electrons. The van der Waals surface area contributed by atoms with Gasteiger partial charge in [0.1, 0.15) is 11.6 Å². The summed E-state index contributed by atoms with van der Waals surface area (Å²) in [5.74, 6) is 2.47. The Balaban J connectivity index is 1.83. The smallest absolute Gasteiger partial charge is 0.163 e. The molecular formula is C16H20N4S. The van der Waals surface area contributed by atoms with Crippen molar-refractivity contribution < 1.29 is 0 Å². The molecular weight excluding hydrogens is 280 g/mol. The van der Waals surface area contributed by atoms with Crippen molar-refractivity contribution in [3.8, 4) is 11.4 Å². The Bertz CT molecular complexity index is 611. The van der Waals surface area contributed by atoms with Crippen LogP contribution in [0.5, 0.6) is 0 Å². The van der Waals surface area contributed by atoms with Gasteiger partial charge in [-0.3, -0.25) is 0 Å². The van der Waals surface area contributed by atoms with Crippen LogP contribution in [0.3, 0.4) is 0 Å². The van der Waals surface area contributed by atoms with E-state index in [1.165, 1.54) is 12.8 Å². The molecule has 0 atom stereocenters. The number of hydrogen-bond donors (Lipinski definition) is 2. The molecule has 0 spiro atoms. The summed E-state index contributed by atoms with van der Waals surface area (Å²) in [7, 11) is 1.88. The molecule has 0 saturated heterocycles. The van der Waals surface area contributed by atoms with E-state index in [4.69, 9.17) is 0 Å². The van der Waals surface area contributed by atoms with Gasteiger partial charge in [-0.25, -0.2) is 9.97 Å². The minimum Gasteiger partial charge on any atom is -0.373 e. The molecule has 0 radical (unpaired) electrons. The highest BCUT2D eigenvalue weighted by Gasteiger charge is 2.41. The maximum absolute atomic E-state index is 4.65. The van der Waals surface area contributed by atoms with Crippen LogP contribution in [0.2, 0.25) is 0 Å². The molecule has 1 saturated carbocycles. The van der Waals surface area contributed by atoms with Crippen molar-refractivity contribution in [3.05, 3.63) is 36.4 Å². The Morgan fingerprint density at radius 1 is 1.14 bits per heavy atom. The van der Waals surface area contributed by atoms with Crippen LogP contribution in [-0.4, -0.2) is 34.6 Å². The Labute approximate surface area is 129 Å². The average molecular weight is 300 g/mol. The molecule has 1 aromatic carbocycles. The third-order valence-electron chi connectivity index (χ3n) is 3.85. The van der Waals surface area contributed by atoms with Crippen LogP contribution in [0, 0.1) is 0 Å². The molecule has 2 N–H and O–H groups in total. The van der Waals surface area contributed by atoms with Crippen molar-refractivity contribution >= 4 is 23.4 Å². The van der Waals surface area contributed by atoms with Gasteiger partial charge in [-0.05, 0) is 19.1 Å². The number of thioether (sulfide) groups is 1. The summed E-state index contributed by atoms with van der Waals surface area (Å²) in [5, 5.41) is 6.58. The Kier molecular flexibility index (Phi) is 4.01. The minimum atomic E-state index is 0.414. The van der Waals surface area contributed by atoms with E-state index in [0.717, 1.165) is 29.6 Å². The highest BCUT2D eigenvalue weighted by molar-refractivity contribution is 8.00. The molecule has 0 bridgehead atoms. The van der Waals surface area contributed by atoms with Gasteiger partial charge in [-0.2, -0.15) is 11.8 Å². The SMILES string of the molecule is CNc1cc(NCC2(SC)CC2)nc(-c2ccccc2)n1. The fourth-order valence-electron chi connectivity index (χ4n) is 2.23. The highest BCUT2D eigenvalue weighted by Crippen LogP contribution is 2.47. The van der Waals surface area contributed by atoms with Crippen LogP contribution >= 0.6 is 11.8 Å². The number of anilines is 2. The minimum absolute atomic E-state index is 0.414. The number of benzene rings is 1. The van der Waals surface area contributed by atoms with Crippen molar-refractivity contribution in [2.45, 2.75) is 17.6 Å². The normalized spacial score (nSPS) is 15.5. The highest BCUT2D eigenvalue weighted by atomic mass is 32.2. The molecule has 0 unspecified atom stereocenters. The Hall–Kier alpha value is -1.75. The summed E-state index contributed by atoms with van der Waals surface area (Å²) in [4.78, 5) is 9.18. The first-order valence-electron chi connectivity index (χ1n) is 7.16. The lowest BCUT2D eigenvalue weighted by molar-refractivity contribution is 0.938. The lowest BCUT2D eigenvalue weighted by atomic mass is 10.2. The molecule has 5 heteroatoms. The molecule has 0 amide bonds. The van der Waals surface area contributed by atoms with Crippen LogP contribution in [0.1, 0.15) is 12.8 Å². The Morgan fingerprint density at radius 2 is 1.86 bits per heavy atom. The topological polar surface area (TPSA) is 49.8 Å². The zero-order chi connectivity index (χ0) is 14.7. The predicted octanol–water partition coefficient (Wildman–Crippen LogP) is 3.49. The summed E-state index contributed by atoms with van der Waals surface area (Å²) in [6.07, 6.45) is 4.76. The molecule has 0 aliphatic heterocycles. The number of hydrogen-bond acceptors (Lipinski definition) is 5. The number of nitrogens with one attached hydrogen (secondary N) is 2. The van der Waals surface area contributed by atoms with E-state index in [2.05, 4.69) is 26.9 Å². The van der Waals surface area contributed by atoms with Crippen molar-refractivity contribution in [1.82, 2.24) is 9.97 Å². The quantitative estimate of drug-likeness (QED) is 0.855. The number of aromatic nitrogens is 2. The third kappa shape index (κ3) is 3.29. The zero-order valence-corrected chi connectivity index (χ0v) is 13.2. The molecule has 1 aliphatic carbocycles. The molecule has 1 aliphatic rings. The van der Waals surface area contributed by atoms with E-state index in [1.54, 1.807) is 0 Å². The molecule has 1 fully saturated rings. The molecule has 3 rings (SSSR count). The summed E-state index contributed by atoms with van der Waals surface area (Å²) >= 11 is 1.95.